The van der Waals surface area contributed by atoms with Gasteiger partial charge in [-0.15, -0.1) is 0 Å². The van der Waals surface area contributed by atoms with E-state index in [0.29, 0.717) is 16.5 Å². The largest absolute Gasteiger partial charge is 0.431 e. The highest BCUT2D eigenvalue weighted by molar-refractivity contribution is 5.78. The second kappa shape index (κ2) is 7.90. The van der Waals surface area contributed by atoms with Crippen molar-refractivity contribution in [1.82, 2.24) is 4.98 Å². The molecule has 3 rings (SSSR count). The van der Waals surface area contributed by atoms with Crippen LogP contribution in [0.3, 0.4) is 0 Å². The summed E-state index contributed by atoms with van der Waals surface area (Å²) in [4.78, 5) is 16.1. The van der Waals surface area contributed by atoms with E-state index in [1.54, 1.807) is 24.3 Å². The van der Waals surface area contributed by atoms with Crippen molar-refractivity contribution in [2.45, 2.75) is 13.2 Å². The molecule has 0 saturated carbocycles. The van der Waals surface area contributed by atoms with Crippen LogP contribution < -0.4 is 15.1 Å². The third-order valence-corrected chi connectivity index (χ3v) is 3.37. The van der Waals surface area contributed by atoms with Gasteiger partial charge >= 0.3 is 18.8 Å². The Labute approximate surface area is 149 Å². The number of halogens is 4. The van der Waals surface area contributed by atoms with E-state index in [9.17, 15) is 22.4 Å². The molecule has 2 aromatic carbocycles. The molecule has 140 valence electrons. The van der Waals surface area contributed by atoms with Crippen molar-refractivity contribution >= 4 is 23.1 Å². The fraction of sp³-hybridized carbons (Fsp3) is 0.111. The summed E-state index contributed by atoms with van der Waals surface area (Å²) in [5.74, 6) is -1.10. The normalized spacial score (nSPS) is 11.6. The number of aromatic nitrogens is 1. The van der Waals surface area contributed by atoms with Crippen LogP contribution in [-0.2, 0) is 0 Å². The molecule has 0 fully saturated rings. The quantitative estimate of drug-likeness (QED) is 0.586. The monoisotopic (exact) mass is 381 g/mol. The Hall–Kier alpha value is -3.36. The fourth-order valence-corrected chi connectivity index (χ4v) is 2.28. The first kappa shape index (κ1) is 18.4. The molecule has 0 aliphatic carbocycles. The lowest BCUT2D eigenvalue weighted by Gasteiger charge is -2.12. The number of fused-ring (bicyclic) bond motifs is 1. The molecule has 0 N–H and O–H groups in total. The van der Waals surface area contributed by atoms with Gasteiger partial charge in [-0.25, -0.2) is 9.78 Å². The summed E-state index contributed by atoms with van der Waals surface area (Å²) < 4.78 is 63.0. The van der Waals surface area contributed by atoms with E-state index in [2.05, 4.69) is 14.5 Å². The topological polar surface area (TPSA) is 61.6 Å². The number of para-hydroxylation sites is 1. The van der Waals surface area contributed by atoms with Crippen molar-refractivity contribution in [3.63, 3.8) is 0 Å². The average molecular weight is 381 g/mol. The molecular weight excluding hydrogens is 370 g/mol. The van der Waals surface area contributed by atoms with Gasteiger partial charge in [-0.3, -0.25) is 0 Å². The van der Waals surface area contributed by atoms with Crippen molar-refractivity contribution in [3.05, 3.63) is 64.3 Å². The van der Waals surface area contributed by atoms with Crippen LogP contribution in [0.2, 0.25) is 0 Å². The number of rotatable bonds is 6. The van der Waals surface area contributed by atoms with Gasteiger partial charge < -0.3 is 13.9 Å². The number of benzene rings is 2. The number of nitrogens with zero attached hydrogens (tertiary/aromatic N) is 1. The van der Waals surface area contributed by atoms with Crippen LogP contribution in [-0.4, -0.2) is 18.2 Å². The Kier molecular flexibility index (Phi) is 5.39. The highest BCUT2D eigenvalue weighted by Crippen LogP contribution is 2.31. The van der Waals surface area contributed by atoms with E-state index in [1.165, 1.54) is 18.2 Å². The molecule has 0 unspecified atom stereocenters. The van der Waals surface area contributed by atoms with Crippen molar-refractivity contribution in [2.24, 2.45) is 0 Å². The second-order valence-corrected chi connectivity index (χ2v) is 5.15. The molecule has 0 atom stereocenters. The minimum absolute atomic E-state index is 0.0112. The Morgan fingerprint density at radius 1 is 0.926 bits per heavy atom. The van der Waals surface area contributed by atoms with Gasteiger partial charge in [0.05, 0.1) is 10.9 Å². The third-order valence-electron chi connectivity index (χ3n) is 3.37. The fourth-order valence-electron chi connectivity index (χ4n) is 2.28. The Morgan fingerprint density at radius 2 is 1.63 bits per heavy atom. The van der Waals surface area contributed by atoms with Crippen LogP contribution in [0.4, 0.5) is 17.6 Å². The maximum atomic E-state index is 12.5. The van der Waals surface area contributed by atoms with Crippen molar-refractivity contribution in [2.75, 3.05) is 0 Å². The molecule has 27 heavy (non-hydrogen) atoms. The molecule has 0 bridgehead atoms. The summed E-state index contributed by atoms with van der Waals surface area (Å²) in [6, 6.07) is 10.1. The first-order chi connectivity index (χ1) is 12.9. The predicted octanol–water partition coefficient (Wildman–Crippen LogP) is 4.56. The summed E-state index contributed by atoms with van der Waals surface area (Å²) in [6.07, 6.45) is 2.73. The van der Waals surface area contributed by atoms with E-state index in [-0.39, 0.29) is 5.89 Å². The van der Waals surface area contributed by atoms with Crippen molar-refractivity contribution in [1.29, 1.82) is 0 Å². The van der Waals surface area contributed by atoms with Crippen LogP contribution in [0.15, 0.2) is 51.7 Å². The molecule has 3 aromatic rings. The zero-order valence-corrected chi connectivity index (χ0v) is 13.4. The summed E-state index contributed by atoms with van der Waals surface area (Å²) in [6.45, 7) is -6.41. The molecule has 0 aliphatic rings. The zero-order valence-electron chi connectivity index (χ0n) is 13.4. The molecular formula is C18H11F4NO4. The van der Waals surface area contributed by atoms with Crippen LogP contribution in [0, 0.1) is 0 Å². The SMILES string of the molecule is O=c1oc(/C=C/c2ccc(OC(F)F)c(OC(F)F)c2)nc2ccccc12. The van der Waals surface area contributed by atoms with Crippen molar-refractivity contribution < 1.29 is 31.5 Å². The summed E-state index contributed by atoms with van der Waals surface area (Å²) in [5.41, 5.74) is 0.156. The minimum Gasteiger partial charge on any atom is -0.431 e. The minimum atomic E-state index is -3.22. The highest BCUT2D eigenvalue weighted by atomic mass is 19.3. The lowest BCUT2D eigenvalue weighted by molar-refractivity contribution is -0.0692. The Morgan fingerprint density at radius 3 is 2.37 bits per heavy atom. The first-order valence-corrected chi connectivity index (χ1v) is 7.54. The molecule has 5 nitrogen and oxygen atoms in total. The van der Waals surface area contributed by atoms with Crippen molar-refractivity contribution in [3.8, 4) is 11.5 Å². The Balaban J connectivity index is 1.91. The van der Waals surface area contributed by atoms with E-state index < -0.39 is 30.3 Å². The molecule has 0 amide bonds. The molecule has 0 aliphatic heterocycles. The number of ether oxygens (including phenoxy) is 2. The second-order valence-electron chi connectivity index (χ2n) is 5.15. The van der Waals surface area contributed by atoms with Gasteiger partial charge in [-0.05, 0) is 35.9 Å². The van der Waals surface area contributed by atoms with Crippen LogP contribution in [0.5, 0.6) is 11.5 Å². The number of hydrogen-bond donors (Lipinski definition) is 0. The van der Waals surface area contributed by atoms with Gasteiger partial charge in [-0.2, -0.15) is 17.6 Å². The van der Waals surface area contributed by atoms with Crippen LogP contribution >= 0.6 is 0 Å². The summed E-state index contributed by atoms with van der Waals surface area (Å²) >= 11 is 0. The first-order valence-electron chi connectivity index (χ1n) is 7.54. The predicted molar refractivity (Wildman–Crippen MR) is 88.9 cm³/mol. The van der Waals surface area contributed by atoms with Gasteiger partial charge in [0.15, 0.2) is 11.5 Å². The Bertz CT molecular complexity index is 1030. The molecule has 0 saturated heterocycles. The zero-order chi connectivity index (χ0) is 19.4. The highest BCUT2D eigenvalue weighted by Gasteiger charge is 2.15. The van der Waals surface area contributed by atoms with E-state index in [1.807, 2.05) is 0 Å². The molecule has 1 aromatic heterocycles. The lowest BCUT2D eigenvalue weighted by atomic mass is 10.2. The van der Waals surface area contributed by atoms with E-state index >= 15 is 0 Å². The summed E-state index contributed by atoms with van der Waals surface area (Å²) in [5, 5.41) is 0.316. The summed E-state index contributed by atoms with van der Waals surface area (Å²) in [7, 11) is 0. The van der Waals surface area contributed by atoms with E-state index in [0.717, 1.165) is 12.1 Å². The van der Waals surface area contributed by atoms with Gasteiger partial charge in [0.1, 0.15) is 0 Å². The number of hydrogen-bond acceptors (Lipinski definition) is 5. The van der Waals surface area contributed by atoms with Gasteiger partial charge in [0.25, 0.3) is 0 Å². The maximum Gasteiger partial charge on any atom is 0.387 e. The van der Waals surface area contributed by atoms with Gasteiger partial charge in [0, 0.05) is 6.08 Å². The van der Waals surface area contributed by atoms with Crippen LogP contribution in [0.1, 0.15) is 11.5 Å². The molecule has 0 radical (unpaired) electrons. The smallest absolute Gasteiger partial charge is 0.387 e. The number of alkyl halides is 4. The van der Waals surface area contributed by atoms with Gasteiger partial charge in [-0.1, -0.05) is 18.2 Å². The third kappa shape index (κ3) is 4.63. The van der Waals surface area contributed by atoms with Gasteiger partial charge in [0.2, 0.25) is 5.89 Å². The molecule has 9 heteroatoms. The van der Waals surface area contributed by atoms with E-state index in [4.69, 9.17) is 4.42 Å². The molecule has 1 heterocycles. The average Bonchev–Trinajstić information content (AvgIpc) is 2.61. The maximum absolute atomic E-state index is 12.5. The molecule has 0 spiro atoms. The van der Waals surface area contributed by atoms with Crippen LogP contribution in [0.25, 0.3) is 23.1 Å². The standard InChI is InChI=1S/C18H11F4NO4/c19-17(20)25-13-7-5-10(9-14(13)26-18(21)22)6-8-15-23-12-4-2-1-3-11(12)16(24)27-15/h1-9,17-18H/b8-6+. The lowest BCUT2D eigenvalue weighted by Crippen LogP contribution is -2.07.